The van der Waals surface area contributed by atoms with Gasteiger partial charge in [-0.1, -0.05) is 12.1 Å². The Hall–Kier alpha value is -2.44. The standard InChI is InChI=1S/C15H16N2O5/c18-14(12-7-13(12)15(19)20)16(10-5-6-10)8-9-1-3-11(4-2-9)17(21)22/h1-4,10,12-13H,5-8H2,(H,19,20). The predicted octanol–water partition coefficient (Wildman–Crippen LogP) is 1.81. The monoisotopic (exact) mass is 304 g/mol. The number of nitro groups is 1. The molecule has 0 saturated heterocycles. The second-order valence-electron chi connectivity index (χ2n) is 5.91. The molecule has 2 unspecified atom stereocenters. The van der Waals surface area contributed by atoms with Crippen molar-refractivity contribution in [1.29, 1.82) is 0 Å². The molecule has 1 aromatic carbocycles. The molecule has 2 aliphatic rings. The highest BCUT2D eigenvalue weighted by molar-refractivity contribution is 5.89. The molecular formula is C15H16N2O5. The number of carbonyl (C=O) groups excluding carboxylic acids is 1. The third kappa shape index (κ3) is 2.93. The number of rotatable bonds is 6. The summed E-state index contributed by atoms with van der Waals surface area (Å²) in [4.78, 5) is 35.3. The lowest BCUT2D eigenvalue weighted by Crippen LogP contribution is -2.34. The fourth-order valence-corrected chi connectivity index (χ4v) is 2.65. The van der Waals surface area contributed by atoms with Crippen molar-refractivity contribution in [2.45, 2.75) is 31.8 Å². The van der Waals surface area contributed by atoms with Gasteiger partial charge in [-0.05, 0) is 24.8 Å². The van der Waals surface area contributed by atoms with Gasteiger partial charge < -0.3 is 10.0 Å². The van der Waals surface area contributed by atoms with Crippen LogP contribution in [0.4, 0.5) is 5.69 Å². The fourth-order valence-electron chi connectivity index (χ4n) is 2.65. The van der Waals surface area contributed by atoms with E-state index in [4.69, 9.17) is 5.11 Å². The Kier molecular flexibility index (Phi) is 3.56. The van der Waals surface area contributed by atoms with E-state index in [0.717, 1.165) is 18.4 Å². The van der Waals surface area contributed by atoms with Crippen LogP contribution in [0.5, 0.6) is 0 Å². The molecule has 0 heterocycles. The Morgan fingerprint density at radius 2 is 1.86 bits per heavy atom. The van der Waals surface area contributed by atoms with E-state index in [9.17, 15) is 19.7 Å². The normalized spacial score (nSPS) is 22.9. The number of nitro benzene ring substituents is 1. The third-order valence-electron chi connectivity index (χ3n) is 4.20. The lowest BCUT2D eigenvalue weighted by atomic mass is 10.1. The quantitative estimate of drug-likeness (QED) is 0.638. The minimum Gasteiger partial charge on any atom is -0.481 e. The molecule has 2 saturated carbocycles. The Balaban J connectivity index is 1.68. The van der Waals surface area contributed by atoms with E-state index in [1.165, 1.54) is 12.1 Å². The number of non-ortho nitro benzene ring substituents is 1. The van der Waals surface area contributed by atoms with Gasteiger partial charge in [-0.3, -0.25) is 19.7 Å². The van der Waals surface area contributed by atoms with Crippen LogP contribution in [0, 0.1) is 22.0 Å². The number of carboxylic acid groups (broad SMARTS) is 1. The van der Waals surface area contributed by atoms with E-state index in [1.54, 1.807) is 17.0 Å². The number of benzene rings is 1. The molecule has 7 nitrogen and oxygen atoms in total. The molecule has 0 radical (unpaired) electrons. The number of nitrogens with zero attached hydrogens (tertiary/aromatic N) is 2. The second kappa shape index (κ2) is 5.40. The van der Waals surface area contributed by atoms with Gasteiger partial charge in [-0.2, -0.15) is 0 Å². The number of hydrogen-bond donors (Lipinski definition) is 1. The van der Waals surface area contributed by atoms with Gasteiger partial charge in [-0.15, -0.1) is 0 Å². The highest BCUT2D eigenvalue weighted by Crippen LogP contribution is 2.42. The molecule has 0 bridgehead atoms. The third-order valence-corrected chi connectivity index (χ3v) is 4.20. The van der Waals surface area contributed by atoms with Crippen LogP contribution < -0.4 is 0 Å². The van der Waals surface area contributed by atoms with Gasteiger partial charge in [0.25, 0.3) is 5.69 Å². The summed E-state index contributed by atoms with van der Waals surface area (Å²) in [5, 5.41) is 19.6. The summed E-state index contributed by atoms with van der Waals surface area (Å²) in [6, 6.07) is 6.30. The SMILES string of the molecule is O=C(O)C1CC1C(=O)N(Cc1ccc([N+](=O)[O-])cc1)C1CC1. The van der Waals surface area contributed by atoms with Gasteiger partial charge in [0, 0.05) is 24.7 Å². The van der Waals surface area contributed by atoms with Crippen LogP contribution in [-0.4, -0.2) is 32.8 Å². The van der Waals surface area contributed by atoms with Crippen LogP contribution in [0.1, 0.15) is 24.8 Å². The number of carbonyl (C=O) groups is 2. The predicted molar refractivity (Wildman–Crippen MR) is 75.9 cm³/mol. The zero-order chi connectivity index (χ0) is 15.9. The molecule has 2 aliphatic carbocycles. The van der Waals surface area contributed by atoms with Crippen LogP contribution >= 0.6 is 0 Å². The van der Waals surface area contributed by atoms with E-state index in [2.05, 4.69) is 0 Å². The average Bonchev–Trinajstić information content (AvgIpc) is 3.37. The van der Waals surface area contributed by atoms with Crippen molar-refractivity contribution >= 4 is 17.6 Å². The van der Waals surface area contributed by atoms with Gasteiger partial charge in [0.1, 0.15) is 0 Å². The first-order valence-corrected chi connectivity index (χ1v) is 7.24. The van der Waals surface area contributed by atoms with E-state index in [-0.39, 0.29) is 17.6 Å². The van der Waals surface area contributed by atoms with Gasteiger partial charge >= 0.3 is 5.97 Å². The van der Waals surface area contributed by atoms with Gasteiger partial charge in [-0.25, -0.2) is 0 Å². The number of aliphatic carboxylic acids is 1. The zero-order valence-corrected chi connectivity index (χ0v) is 11.8. The summed E-state index contributed by atoms with van der Waals surface area (Å²) in [6.07, 6.45) is 2.28. The van der Waals surface area contributed by atoms with Crippen LogP contribution in [0.15, 0.2) is 24.3 Å². The topological polar surface area (TPSA) is 101 Å². The lowest BCUT2D eigenvalue weighted by Gasteiger charge is -2.22. The Bertz CT molecular complexity index is 623. The zero-order valence-electron chi connectivity index (χ0n) is 11.8. The molecule has 116 valence electrons. The molecular weight excluding hydrogens is 288 g/mol. The Morgan fingerprint density at radius 3 is 2.32 bits per heavy atom. The summed E-state index contributed by atoms with van der Waals surface area (Å²) < 4.78 is 0. The molecule has 2 atom stereocenters. The molecule has 0 spiro atoms. The minimum atomic E-state index is -0.913. The number of hydrogen-bond acceptors (Lipinski definition) is 4. The van der Waals surface area contributed by atoms with Crippen LogP contribution in [0.3, 0.4) is 0 Å². The average molecular weight is 304 g/mol. The van der Waals surface area contributed by atoms with E-state index in [0.29, 0.717) is 13.0 Å². The van der Waals surface area contributed by atoms with E-state index in [1.807, 2.05) is 0 Å². The second-order valence-corrected chi connectivity index (χ2v) is 5.91. The highest BCUT2D eigenvalue weighted by atomic mass is 16.6. The van der Waals surface area contributed by atoms with E-state index >= 15 is 0 Å². The Morgan fingerprint density at radius 1 is 1.23 bits per heavy atom. The first-order chi connectivity index (χ1) is 10.5. The van der Waals surface area contributed by atoms with Crippen LogP contribution in [0.25, 0.3) is 0 Å². The van der Waals surface area contributed by atoms with Gasteiger partial charge in [0.2, 0.25) is 5.91 Å². The molecule has 22 heavy (non-hydrogen) atoms. The Labute approximate surface area is 126 Å². The largest absolute Gasteiger partial charge is 0.481 e. The highest BCUT2D eigenvalue weighted by Gasteiger charge is 2.51. The molecule has 0 aliphatic heterocycles. The van der Waals surface area contributed by atoms with E-state index < -0.39 is 22.7 Å². The molecule has 3 rings (SSSR count). The molecule has 1 aromatic rings. The van der Waals surface area contributed by atoms with Crippen LogP contribution in [-0.2, 0) is 16.1 Å². The molecule has 1 amide bonds. The maximum Gasteiger partial charge on any atom is 0.307 e. The lowest BCUT2D eigenvalue weighted by molar-refractivity contribution is -0.384. The van der Waals surface area contributed by atoms with Crippen molar-refractivity contribution in [3.05, 3.63) is 39.9 Å². The van der Waals surface area contributed by atoms with Crippen molar-refractivity contribution < 1.29 is 19.6 Å². The summed E-state index contributed by atoms with van der Waals surface area (Å²) in [5.41, 5.74) is 0.833. The van der Waals surface area contributed by atoms with Crippen molar-refractivity contribution in [3.63, 3.8) is 0 Å². The van der Waals surface area contributed by atoms with Crippen molar-refractivity contribution in [2.75, 3.05) is 0 Å². The van der Waals surface area contributed by atoms with Gasteiger partial charge in [0.15, 0.2) is 0 Å². The summed E-state index contributed by atoms with van der Waals surface area (Å²) in [7, 11) is 0. The summed E-state index contributed by atoms with van der Waals surface area (Å²) in [5.74, 6) is -1.97. The number of carboxylic acids is 1. The van der Waals surface area contributed by atoms with Gasteiger partial charge in [0.05, 0.1) is 16.8 Å². The van der Waals surface area contributed by atoms with Crippen LogP contribution in [0.2, 0.25) is 0 Å². The first-order valence-electron chi connectivity index (χ1n) is 7.24. The first kappa shape index (κ1) is 14.5. The molecule has 7 heteroatoms. The maximum atomic E-state index is 12.4. The maximum absolute atomic E-state index is 12.4. The van der Waals surface area contributed by atoms with Crippen molar-refractivity contribution in [2.24, 2.45) is 11.8 Å². The smallest absolute Gasteiger partial charge is 0.307 e. The van der Waals surface area contributed by atoms with Crippen molar-refractivity contribution in [3.8, 4) is 0 Å². The molecule has 2 fully saturated rings. The fraction of sp³-hybridized carbons (Fsp3) is 0.467. The minimum absolute atomic E-state index is 0.0150. The summed E-state index contributed by atoms with van der Waals surface area (Å²) >= 11 is 0. The molecule has 1 N–H and O–H groups in total. The number of amides is 1. The van der Waals surface area contributed by atoms with Crippen molar-refractivity contribution in [1.82, 2.24) is 4.90 Å². The molecule has 0 aromatic heterocycles. The summed E-state index contributed by atoms with van der Waals surface area (Å²) in [6.45, 7) is 0.379.